The van der Waals surface area contributed by atoms with Gasteiger partial charge in [-0.05, 0) is 42.2 Å². The molecule has 2 aromatic carbocycles. The molecule has 0 unspecified atom stereocenters. The maximum absolute atomic E-state index is 12.4. The number of nitrogens with one attached hydrogen (secondary N) is 2. The van der Waals surface area contributed by atoms with E-state index in [4.69, 9.17) is 0 Å². The molecule has 0 radical (unpaired) electrons. The fourth-order valence-electron chi connectivity index (χ4n) is 3.01. The number of rotatable bonds is 9. The van der Waals surface area contributed by atoms with Gasteiger partial charge in [-0.1, -0.05) is 37.3 Å². The maximum Gasteiger partial charge on any atom is 0.251 e. The summed E-state index contributed by atoms with van der Waals surface area (Å²) in [5, 5.41) is 6.46. The number of nitrogens with zero attached hydrogens (tertiary/aromatic N) is 2. The van der Waals surface area contributed by atoms with E-state index >= 15 is 0 Å². The van der Waals surface area contributed by atoms with Crippen LogP contribution in [0.15, 0.2) is 67.3 Å². The first kappa shape index (κ1) is 18.7. The van der Waals surface area contributed by atoms with Gasteiger partial charge in [-0.15, -0.1) is 0 Å². The zero-order valence-electron chi connectivity index (χ0n) is 15.7. The zero-order valence-corrected chi connectivity index (χ0v) is 15.7. The van der Waals surface area contributed by atoms with Gasteiger partial charge in [0, 0.05) is 43.3 Å². The van der Waals surface area contributed by atoms with E-state index in [9.17, 15) is 4.79 Å². The van der Waals surface area contributed by atoms with Crippen molar-refractivity contribution in [2.75, 3.05) is 11.9 Å². The number of aromatic nitrogens is 2. The van der Waals surface area contributed by atoms with E-state index in [-0.39, 0.29) is 5.91 Å². The van der Waals surface area contributed by atoms with Gasteiger partial charge in [-0.2, -0.15) is 0 Å². The minimum Gasteiger partial charge on any atom is -0.381 e. The maximum atomic E-state index is 12.4. The van der Waals surface area contributed by atoms with Crippen molar-refractivity contribution < 1.29 is 4.79 Å². The second-order valence-corrected chi connectivity index (χ2v) is 6.47. The lowest BCUT2D eigenvalue weighted by Gasteiger charge is -2.12. The van der Waals surface area contributed by atoms with Gasteiger partial charge in [-0.3, -0.25) is 4.79 Å². The Kier molecular flexibility index (Phi) is 6.63. The fourth-order valence-corrected chi connectivity index (χ4v) is 3.01. The minimum atomic E-state index is -0.0311. The highest BCUT2D eigenvalue weighted by Gasteiger charge is 2.06. The molecule has 0 atom stereocenters. The first-order valence-electron chi connectivity index (χ1n) is 9.41. The average molecular weight is 362 g/mol. The van der Waals surface area contributed by atoms with Crippen LogP contribution in [-0.4, -0.2) is 22.0 Å². The summed E-state index contributed by atoms with van der Waals surface area (Å²) in [6.07, 6.45) is 7.34. The molecule has 0 spiro atoms. The Balaban J connectivity index is 1.51. The molecule has 0 aliphatic heterocycles. The molecule has 0 saturated heterocycles. The van der Waals surface area contributed by atoms with Crippen molar-refractivity contribution in [1.29, 1.82) is 0 Å². The van der Waals surface area contributed by atoms with E-state index in [1.165, 1.54) is 5.56 Å². The molecule has 3 rings (SSSR count). The molecule has 3 aromatic rings. The smallest absolute Gasteiger partial charge is 0.251 e. The molecule has 5 nitrogen and oxygen atoms in total. The van der Waals surface area contributed by atoms with Crippen molar-refractivity contribution >= 4 is 11.6 Å². The van der Waals surface area contributed by atoms with Crippen molar-refractivity contribution in [3.05, 3.63) is 83.9 Å². The molecule has 1 amide bonds. The van der Waals surface area contributed by atoms with Gasteiger partial charge in [0.15, 0.2) is 0 Å². The van der Waals surface area contributed by atoms with Crippen molar-refractivity contribution in [3.8, 4) is 0 Å². The van der Waals surface area contributed by atoms with Crippen molar-refractivity contribution in [2.45, 2.75) is 32.9 Å². The van der Waals surface area contributed by atoms with Crippen molar-refractivity contribution in [3.63, 3.8) is 0 Å². The summed E-state index contributed by atoms with van der Waals surface area (Å²) in [7, 11) is 0. The van der Waals surface area contributed by atoms with E-state index in [2.05, 4.69) is 40.7 Å². The molecule has 0 aliphatic rings. The highest BCUT2D eigenvalue weighted by atomic mass is 16.1. The van der Waals surface area contributed by atoms with Crippen LogP contribution in [-0.2, 0) is 19.5 Å². The number of hydrogen-bond acceptors (Lipinski definition) is 3. The molecule has 0 saturated carbocycles. The van der Waals surface area contributed by atoms with Crippen LogP contribution in [0.5, 0.6) is 0 Å². The quantitative estimate of drug-likeness (QED) is 0.568. The molecule has 140 valence electrons. The summed E-state index contributed by atoms with van der Waals surface area (Å²) in [4.78, 5) is 16.4. The van der Waals surface area contributed by atoms with Gasteiger partial charge >= 0.3 is 0 Å². The lowest BCUT2D eigenvalue weighted by atomic mass is 10.1. The summed E-state index contributed by atoms with van der Waals surface area (Å²) in [6, 6.07) is 16.1. The first-order chi connectivity index (χ1) is 13.3. The number of imidazole rings is 1. The van der Waals surface area contributed by atoms with Gasteiger partial charge < -0.3 is 15.2 Å². The Hall–Kier alpha value is -3.08. The molecular formula is C22H26N4O. The molecule has 1 aromatic heterocycles. The first-order valence-corrected chi connectivity index (χ1v) is 9.41. The van der Waals surface area contributed by atoms with Crippen molar-refractivity contribution in [1.82, 2.24) is 14.9 Å². The summed E-state index contributed by atoms with van der Waals surface area (Å²) < 4.78 is 2.01. The van der Waals surface area contributed by atoms with E-state index in [0.29, 0.717) is 18.7 Å². The third kappa shape index (κ3) is 5.45. The predicted molar refractivity (Wildman–Crippen MR) is 109 cm³/mol. The van der Waals surface area contributed by atoms with Gasteiger partial charge in [0.2, 0.25) is 0 Å². The topological polar surface area (TPSA) is 59.0 Å². The fraction of sp³-hybridized carbons (Fsp3) is 0.273. The lowest BCUT2D eigenvalue weighted by molar-refractivity contribution is 0.0952. The van der Waals surface area contributed by atoms with Crippen LogP contribution in [0.3, 0.4) is 0 Å². The van der Waals surface area contributed by atoms with Crippen LogP contribution in [0.4, 0.5) is 5.69 Å². The van der Waals surface area contributed by atoms with Crippen LogP contribution in [0.2, 0.25) is 0 Å². The second kappa shape index (κ2) is 9.57. The Labute approximate surface area is 160 Å². The molecule has 1 heterocycles. The Morgan fingerprint density at radius 2 is 2.04 bits per heavy atom. The van der Waals surface area contributed by atoms with Gasteiger partial charge in [0.1, 0.15) is 0 Å². The largest absolute Gasteiger partial charge is 0.381 e. The highest BCUT2D eigenvalue weighted by molar-refractivity contribution is 5.94. The van der Waals surface area contributed by atoms with Crippen LogP contribution in [0.1, 0.15) is 34.8 Å². The van der Waals surface area contributed by atoms with Gasteiger partial charge in [-0.25, -0.2) is 4.98 Å². The second-order valence-electron chi connectivity index (χ2n) is 6.47. The SMILES string of the molecule is CCc1ccccc1NCc1cccc(C(=O)NCCCn2ccnc2)c1. The third-order valence-corrected chi connectivity index (χ3v) is 4.51. The van der Waals surface area contributed by atoms with Crippen LogP contribution in [0, 0.1) is 0 Å². The van der Waals surface area contributed by atoms with Crippen molar-refractivity contribution in [2.24, 2.45) is 0 Å². The number of amides is 1. The molecule has 27 heavy (non-hydrogen) atoms. The number of carbonyl (C=O) groups is 1. The molecular weight excluding hydrogens is 336 g/mol. The molecule has 5 heteroatoms. The number of benzene rings is 2. The van der Waals surface area contributed by atoms with Gasteiger partial charge in [0.05, 0.1) is 6.33 Å². The van der Waals surface area contributed by atoms with Gasteiger partial charge in [0.25, 0.3) is 5.91 Å². The summed E-state index contributed by atoms with van der Waals surface area (Å²) in [5.74, 6) is -0.0311. The number of para-hydroxylation sites is 1. The van der Waals surface area contributed by atoms with E-state index in [1.54, 1.807) is 12.5 Å². The molecule has 0 fully saturated rings. The number of carbonyl (C=O) groups excluding carboxylic acids is 1. The Morgan fingerprint density at radius 3 is 2.85 bits per heavy atom. The third-order valence-electron chi connectivity index (χ3n) is 4.51. The van der Waals surface area contributed by atoms with E-state index in [0.717, 1.165) is 30.6 Å². The summed E-state index contributed by atoms with van der Waals surface area (Å²) >= 11 is 0. The van der Waals surface area contributed by atoms with Crippen LogP contribution >= 0.6 is 0 Å². The lowest BCUT2D eigenvalue weighted by Crippen LogP contribution is -2.25. The minimum absolute atomic E-state index is 0.0311. The van der Waals surface area contributed by atoms with E-state index < -0.39 is 0 Å². The molecule has 0 bridgehead atoms. The molecule has 0 aliphatic carbocycles. The summed E-state index contributed by atoms with van der Waals surface area (Å²) in [6.45, 7) is 4.33. The average Bonchev–Trinajstić information content (AvgIpc) is 3.23. The molecule has 2 N–H and O–H groups in total. The summed E-state index contributed by atoms with van der Waals surface area (Å²) in [5.41, 5.74) is 4.23. The number of hydrogen-bond donors (Lipinski definition) is 2. The Morgan fingerprint density at radius 1 is 1.15 bits per heavy atom. The predicted octanol–water partition coefficient (Wildman–Crippen LogP) is 3.88. The Bertz CT molecular complexity index is 858. The number of anilines is 1. The standard InChI is InChI=1S/C22H26N4O/c1-2-19-8-3-4-10-21(19)25-16-18-7-5-9-20(15-18)22(27)24-11-6-13-26-14-12-23-17-26/h3-5,7-10,12,14-15,17,25H,2,6,11,13,16H2,1H3,(H,24,27). The zero-order chi connectivity index (χ0) is 18.9. The monoisotopic (exact) mass is 362 g/mol. The number of aryl methyl sites for hydroxylation is 2. The van der Waals surface area contributed by atoms with Crippen LogP contribution in [0.25, 0.3) is 0 Å². The van der Waals surface area contributed by atoms with Crippen LogP contribution < -0.4 is 10.6 Å². The normalized spacial score (nSPS) is 10.6. The highest BCUT2D eigenvalue weighted by Crippen LogP contribution is 2.17. The van der Waals surface area contributed by atoms with E-state index in [1.807, 2.05) is 41.1 Å².